The fourth-order valence-electron chi connectivity index (χ4n) is 2.77. The van der Waals surface area contributed by atoms with Crippen LogP contribution in [0.4, 0.5) is 0 Å². The summed E-state index contributed by atoms with van der Waals surface area (Å²) in [6, 6.07) is 7.17. The second-order valence-electron chi connectivity index (χ2n) is 5.86. The maximum absolute atomic E-state index is 12.1. The summed E-state index contributed by atoms with van der Waals surface area (Å²) in [5.41, 5.74) is 1.51. The molecule has 3 heterocycles. The van der Waals surface area contributed by atoms with Crippen LogP contribution in [0.15, 0.2) is 45.8 Å². The number of thiazole rings is 1. The fraction of sp³-hybridized carbons (Fsp3) is 0.222. The van der Waals surface area contributed by atoms with Crippen LogP contribution in [-0.2, 0) is 12.8 Å². The zero-order valence-electron chi connectivity index (χ0n) is 15.4. The highest BCUT2D eigenvalue weighted by Gasteiger charge is 2.14. The van der Waals surface area contributed by atoms with Crippen LogP contribution in [0.5, 0.6) is 11.5 Å². The largest absolute Gasteiger partial charge is 0.493 e. The molecule has 0 atom stereocenters. The van der Waals surface area contributed by atoms with Gasteiger partial charge in [-0.3, -0.25) is 9.20 Å². The normalized spacial score (nSPS) is 11.1. The molecular formula is C18H17N5O3S2. The van der Waals surface area contributed by atoms with E-state index in [0.29, 0.717) is 33.7 Å². The number of nitrogens with zero attached hydrogens (tertiary/aromatic N) is 5. The van der Waals surface area contributed by atoms with Crippen LogP contribution in [0.25, 0.3) is 16.3 Å². The number of ether oxygens (including phenoxy) is 2. The van der Waals surface area contributed by atoms with Crippen LogP contribution in [0.1, 0.15) is 5.69 Å². The van der Waals surface area contributed by atoms with Gasteiger partial charge in [-0.2, -0.15) is 0 Å². The lowest BCUT2D eigenvalue weighted by molar-refractivity contribution is 0.355. The summed E-state index contributed by atoms with van der Waals surface area (Å²) in [7, 11) is 5.10. The average molecular weight is 416 g/mol. The topological polar surface area (TPSA) is 83.5 Å². The molecule has 28 heavy (non-hydrogen) atoms. The van der Waals surface area contributed by atoms with Crippen molar-refractivity contribution in [3.63, 3.8) is 0 Å². The predicted molar refractivity (Wildman–Crippen MR) is 108 cm³/mol. The molecule has 144 valence electrons. The Kier molecular flexibility index (Phi) is 5.05. The quantitative estimate of drug-likeness (QED) is 0.448. The van der Waals surface area contributed by atoms with Crippen molar-refractivity contribution in [3.05, 3.63) is 51.9 Å². The second kappa shape index (κ2) is 7.64. The Morgan fingerprint density at radius 2 is 1.96 bits per heavy atom. The maximum Gasteiger partial charge on any atom is 0.258 e. The van der Waals surface area contributed by atoms with Gasteiger partial charge in [0.1, 0.15) is 0 Å². The Morgan fingerprint density at radius 3 is 2.75 bits per heavy atom. The van der Waals surface area contributed by atoms with Crippen LogP contribution in [0.2, 0.25) is 0 Å². The van der Waals surface area contributed by atoms with Gasteiger partial charge >= 0.3 is 0 Å². The lowest BCUT2D eigenvalue weighted by Gasteiger charge is -2.09. The Balaban J connectivity index is 1.57. The lowest BCUT2D eigenvalue weighted by Crippen LogP contribution is -2.12. The van der Waals surface area contributed by atoms with E-state index in [2.05, 4.69) is 15.2 Å². The standard InChI is InChI=1S/C18H17N5O3S2/c1-22-16(11-4-5-13(25-2)14(8-11)26-3)20-21-18(22)28-10-12-9-15(24)23-6-7-27-17(23)19-12/h4-9H,10H2,1-3H3. The maximum atomic E-state index is 12.1. The van der Waals surface area contributed by atoms with Crippen LogP contribution in [0.3, 0.4) is 0 Å². The highest BCUT2D eigenvalue weighted by molar-refractivity contribution is 7.98. The van der Waals surface area contributed by atoms with Gasteiger partial charge in [-0.25, -0.2) is 4.98 Å². The van der Waals surface area contributed by atoms with Crippen molar-refractivity contribution in [3.8, 4) is 22.9 Å². The van der Waals surface area contributed by atoms with Crippen LogP contribution in [0, 0.1) is 0 Å². The molecule has 0 radical (unpaired) electrons. The third kappa shape index (κ3) is 3.36. The van der Waals surface area contributed by atoms with Crippen molar-refractivity contribution in [1.82, 2.24) is 24.1 Å². The Bertz CT molecular complexity index is 1200. The molecule has 8 nitrogen and oxygen atoms in total. The van der Waals surface area contributed by atoms with Crippen LogP contribution in [-0.4, -0.2) is 38.4 Å². The molecule has 0 bridgehead atoms. The summed E-state index contributed by atoms with van der Waals surface area (Å²) in [5.74, 6) is 2.53. The Labute approximate surface area is 168 Å². The Hall–Kier alpha value is -2.85. The zero-order valence-corrected chi connectivity index (χ0v) is 17.1. The van der Waals surface area contributed by atoms with Crippen molar-refractivity contribution in [2.24, 2.45) is 7.05 Å². The van der Waals surface area contributed by atoms with Gasteiger partial charge in [0.15, 0.2) is 27.4 Å². The molecule has 1 aromatic carbocycles. The van der Waals surface area contributed by atoms with Gasteiger partial charge < -0.3 is 14.0 Å². The molecule has 0 saturated heterocycles. The van der Waals surface area contributed by atoms with Crippen molar-refractivity contribution in [2.75, 3.05) is 14.2 Å². The molecule has 0 amide bonds. The van der Waals surface area contributed by atoms with Gasteiger partial charge in [-0.1, -0.05) is 11.8 Å². The van der Waals surface area contributed by atoms with Gasteiger partial charge in [-0.05, 0) is 18.2 Å². The number of benzene rings is 1. The van der Waals surface area contributed by atoms with Crippen LogP contribution >= 0.6 is 23.1 Å². The summed E-state index contributed by atoms with van der Waals surface area (Å²) in [6.45, 7) is 0. The molecule has 0 spiro atoms. The summed E-state index contributed by atoms with van der Waals surface area (Å²) in [6.07, 6.45) is 1.73. The van der Waals surface area contributed by atoms with Gasteiger partial charge in [0.25, 0.3) is 5.56 Å². The van der Waals surface area contributed by atoms with E-state index in [1.807, 2.05) is 35.2 Å². The number of methoxy groups -OCH3 is 2. The summed E-state index contributed by atoms with van der Waals surface area (Å²) in [4.78, 5) is 17.3. The first-order chi connectivity index (χ1) is 13.6. The minimum absolute atomic E-state index is 0.0779. The number of hydrogen-bond donors (Lipinski definition) is 0. The van der Waals surface area contributed by atoms with E-state index in [1.54, 1.807) is 26.5 Å². The van der Waals surface area contributed by atoms with Crippen LogP contribution < -0.4 is 15.0 Å². The minimum Gasteiger partial charge on any atom is -0.493 e. The first kappa shape index (κ1) is 18.5. The van der Waals surface area contributed by atoms with E-state index >= 15 is 0 Å². The molecule has 0 unspecified atom stereocenters. The molecule has 0 N–H and O–H groups in total. The van der Waals surface area contributed by atoms with Crippen molar-refractivity contribution in [1.29, 1.82) is 0 Å². The molecule has 4 aromatic rings. The third-order valence-electron chi connectivity index (χ3n) is 4.18. The molecule has 3 aromatic heterocycles. The molecule has 0 aliphatic heterocycles. The SMILES string of the molecule is COc1ccc(-c2nnc(SCc3cc(=O)n4ccsc4n3)n2C)cc1OC. The summed E-state index contributed by atoms with van der Waals surface area (Å²) >= 11 is 2.92. The summed E-state index contributed by atoms with van der Waals surface area (Å²) < 4.78 is 14.1. The van der Waals surface area contributed by atoms with E-state index in [4.69, 9.17) is 9.47 Å². The highest BCUT2D eigenvalue weighted by atomic mass is 32.2. The fourth-order valence-corrected chi connectivity index (χ4v) is 4.31. The summed E-state index contributed by atoms with van der Waals surface area (Å²) in [5, 5.41) is 11.2. The van der Waals surface area contributed by atoms with E-state index in [9.17, 15) is 4.79 Å². The molecule has 0 saturated carbocycles. The first-order valence-corrected chi connectivity index (χ1v) is 10.2. The molecule has 0 fully saturated rings. The number of rotatable bonds is 6. The monoisotopic (exact) mass is 415 g/mol. The molecule has 0 aliphatic carbocycles. The smallest absolute Gasteiger partial charge is 0.258 e. The number of fused-ring (bicyclic) bond motifs is 1. The lowest BCUT2D eigenvalue weighted by atomic mass is 10.2. The predicted octanol–water partition coefficient (Wildman–Crippen LogP) is 2.86. The number of hydrogen-bond acceptors (Lipinski definition) is 8. The molecular weight excluding hydrogens is 398 g/mol. The van der Waals surface area contributed by atoms with Gasteiger partial charge in [0.2, 0.25) is 0 Å². The minimum atomic E-state index is -0.0779. The van der Waals surface area contributed by atoms with E-state index in [1.165, 1.54) is 27.5 Å². The van der Waals surface area contributed by atoms with E-state index in [0.717, 1.165) is 10.7 Å². The molecule has 4 rings (SSSR count). The van der Waals surface area contributed by atoms with E-state index in [-0.39, 0.29) is 5.56 Å². The first-order valence-electron chi connectivity index (χ1n) is 8.31. The second-order valence-corrected chi connectivity index (χ2v) is 7.68. The average Bonchev–Trinajstić information content (AvgIpc) is 3.32. The van der Waals surface area contributed by atoms with Gasteiger partial charge in [0.05, 0.1) is 19.9 Å². The van der Waals surface area contributed by atoms with Gasteiger partial charge in [0, 0.05) is 36.0 Å². The van der Waals surface area contributed by atoms with Gasteiger partial charge in [-0.15, -0.1) is 21.5 Å². The third-order valence-corrected chi connectivity index (χ3v) is 5.99. The molecule has 10 heteroatoms. The van der Waals surface area contributed by atoms with Crippen molar-refractivity contribution in [2.45, 2.75) is 10.9 Å². The van der Waals surface area contributed by atoms with Crippen molar-refractivity contribution >= 4 is 28.1 Å². The molecule has 0 aliphatic rings. The van der Waals surface area contributed by atoms with E-state index < -0.39 is 0 Å². The number of aromatic nitrogens is 5. The highest BCUT2D eigenvalue weighted by Crippen LogP contribution is 2.32. The van der Waals surface area contributed by atoms with Crippen molar-refractivity contribution < 1.29 is 9.47 Å². The number of thioether (sulfide) groups is 1. The zero-order chi connectivity index (χ0) is 19.7. The Morgan fingerprint density at radius 1 is 1.14 bits per heavy atom.